The normalized spacial score (nSPS) is 15.5. The first-order valence-corrected chi connectivity index (χ1v) is 5.89. The van der Waals surface area contributed by atoms with Gasteiger partial charge in [0.05, 0.1) is 9.71 Å². The van der Waals surface area contributed by atoms with Crippen LogP contribution < -0.4 is 4.72 Å². The number of halogens is 1. The summed E-state index contributed by atoms with van der Waals surface area (Å²) in [5, 5.41) is 0. The third kappa shape index (κ3) is 2.09. The highest BCUT2D eigenvalue weighted by atomic mass is 79.9. The van der Waals surface area contributed by atoms with Crippen LogP contribution in [0.4, 0.5) is 0 Å². The third-order valence-electron chi connectivity index (χ3n) is 1.52. The van der Waals surface area contributed by atoms with Crippen LogP contribution in [0.15, 0.2) is 33.6 Å². The first-order chi connectivity index (χ1) is 5.56. The number of nitrogens with one attached hydrogen (secondary N) is 1. The maximum absolute atomic E-state index is 11.6. The number of benzene rings is 1. The molecule has 0 aliphatic heterocycles. The zero-order chi connectivity index (χ0) is 9.19. The molecule has 0 aromatic heterocycles. The van der Waals surface area contributed by atoms with Crippen LogP contribution >= 0.6 is 15.9 Å². The Morgan fingerprint density at radius 2 is 1.92 bits per heavy atom. The number of hydrogen-bond donors (Lipinski definition) is 1. The van der Waals surface area contributed by atoms with E-state index >= 15 is 0 Å². The number of hydrogen-bond acceptors (Lipinski definition) is 1. The molecule has 1 N–H and O–H groups in total. The highest BCUT2D eigenvalue weighted by Crippen LogP contribution is 2.13. The van der Waals surface area contributed by atoms with E-state index in [-0.39, 0.29) is 0 Å². The van der Waals surface area contributed by atoms with Gasteiger partial charge in [-0.1, -0.05) is 15.9 Å². The van der Waals surface area contributed by atoms with Crippen molar-refractivity contribution in [3.63, 3.8) is 0 Å². The van der Waals surface area contributed by atoms with Crippen LogP contribution in [0.3, 0.4) is 0 Å². The average molecular weight is 248 g/mol. The SMILES string of the molecule is C=S(=O)(NC)c1ccc(Br)cc1. The molecule has 2 nitrogen and oxygen atoms in total. The molecule has 1 unspecified atom stereocenters. The minimum atomic E-state index is -2.29. The zero-order valence-electron chi connectivity index (χ0n) is 6.71. The van der Waals surface area contributed by atoms with Gasteiger partial charge in [-0.25, -0.2) is 8.93 Å². The van der Waals surface area contributed by atoms with Crippen LogP contribution in [0.5, 0.6) is 0 Å². The molecule has 0 spiro atoms. The van der Waals surface area contributed by atoms with Crippen molar-refractivity contribution in [2.24, 2.45) is 0 Å². The first-order valence-electron chi connectivity index (χ1n) is 3.37. The molecule has 0 aliphatic rings. The van der Waals surface area contributed by atoms with Gasteiger partial charge in [0.1, 0.15) is 0 Å². The van der Waals surface area contributed by atoms with Crippen molar-refractivity contribution in [3.8, 4) is 0 Å². The smallest absolute Gasteiger partial charge is 0.0530 e. The Kier molecular flexibility index (Phi) is 2.93. The maximum Gasteiger partial charge on any atom is 0.0530 e. The molecule has 12 heavy (non-hydrogen) atoms. The van der Waals surface area contributed by atoms with E-state index in [2.05, 4.69) is 26.5 Å². The zero-order valence-corrected chi connectivity index (χ0v) is 9.11. The molecule has 0 amide bonds. The van der Waals surface area contributed by atoms with Crippen LogP contribution in [0.25, 0.3) is 0 Å². The van der Waals surface area contributed by atoms with Gasteiger partial charge in [-0.15, -0.1) is 0 Å². The molecule has 0 bridgehead atoms. The fourth-order valence-corrected chi connectivity index (χ4v) is 1.85. The van der Waals surface area contributed by atoms with Crippen LogP contribution in [0, 0.1) is 0 Å². The number of rotatable bonds is 2. The lowest BCUT2D eigenvalue weighted by Gasteiger charge is -2.06. The predicted octanol–water partition coefficient (Wildman–Crippen LogP) is 1.66. The van der Waals surface area contributed by atoms with E-state index < -0.39 is 9.71 Å². The van der Waals surface area contributed by atoms with Crippen molar-refractivity contribution < 1.29 is 4.21 Å². The molecule has 0 heterocycles. The second kappa shape index (κ2) is 3.60. The summed E-state index contributed by atoms with van der Waals surface area (Å²) in [6, 6.07) is 7.26. The minimum Gasteiger partial charge on any atom is -0.248 e. The van der Waals surface area contributed by atoms with Crippen molar-refractivity contribution in [1.29, 1.82) is 0 Å². The van der Waals surface area contributed by atoms with Gasteiger partial charge in [0.25, 0.3) is 0 Å². The summed E-state index contributed by atoms with van der Waals surface area (Å²) < 4.78 is 15.3. The summed E-state index contributed by atoms with van der Waals surface area (Å²) in [4.78, 5) is 0.716. The molecule has 1 aromatic rings. The van der Waals surface area contributed by atoms with Crippen LogP contribution in [-0.2, 0) is 9.71 Å². The van der Waals surface area contributed by atoms with Crippen molar-refractivity contribution >= 4 is 31.5 Å². The van der Waals surface area contributed by atoms with E-state index in [1.54, 1.807) is 19.2 Å². The minimum absolute atomic E-state index is 0.716. The summed E-state index contributed by atoms with van der Waals surface area (Å²) >= 11 is 3.30. The summed E-state index contributed by atoms with van der Waals surface area (Å²) in [6.07, 6.45) is 0. The molecule has 0 aliphatic carbocycles. The maximum atomic E-state index is 11.6. The standard InChI is InChI=1S/C8H10BrNOS/c1-10-12(2,11)8-5-3-7(9)4-6-8/h3-6H,2H2,1H3,(H,10,11). The molecule has 66 valence electrons. The van der Waals surface area contributed by atoms with Crippen LogP contribution in [-0.4, -0.2) is 17.1 Å². The Morgan fingerprint density at radius 1 is 1.42 bits per heavy atom. The monoisotopic (exact) mass is 247 g/mol. The summed E-state index contributed by atoms with van der Waals surface area (Å²) in [6.45, 7) is 0. The highest BCUT2D eigenvalue weighted by Gasteiger charge is 2.02. The molecule has 1 rings (SSSR count). The lowest BCUT2D eigenvalue weighted by Crippen LogP contribution is -2.17. The molecule has 4 heteroatoms. The van der Waals surface area contributed by atoms with Gasteiger partial charge >= 0.3 is 0 Å². The van der Waals surface area contributed by atoms with E-state index in [1.807, 2.05) is 12.1 Å². The Morgan fingerprint density at radius 3 is 2.33 bits per heavy atom. The Hall–Kier alpha value is -0.320. The molecular formula is C8H10BrNOS. The highest BCUT2D eigenvalue weighted by molar-refractivity contribution is 9.10. The quantitative estimate of drug-likeness (QED) is 0.792. The van der Waals surface area contributed by atoms with Crippen molar-refractivity contribution in [2.75, 3.05) is 7.05 Å². The Bertz CT molecular complexity index is 355. The molecule has 0 saturated heterocycles. The van der Waals surface area contributed by atoms with Gasteiger partial charge in [0.15, 0.2) is 0 Å². The van der Waals surface area contributed by atoms with Crippen LogP contribution in [0.2, 0.25) is 0 Å². The molecule has 0 saturated carbocycles. The van der Waals surface area contributed by atoms with Gasteiger partial charge < -0.3 is 0 Å². The fourth-order valence-electron chi connectivity index (χ4n) is 0.772. The Labute approximate surface area is 81.3 Å². The van der Waals surface area contributed by atoms with Gasteiger partial charge in [-0.2, -0.15) is 0 Å². The third-order valence-corrected chi connectivity index (χ3v) is 3.75. The van der Waals surface area contributed by atoms with Crippen molar-refractivity contribution in [3.05, 3.63) is 28.7 Å². The van der Waals surface area contributed by atoms with Gasteiger partial charge in [0, 0.05) is 9.37 Å². The summed E-state index contributed by atoms with van der Waals surface area (Å²) in [5.41, 5.74) is 0. The second-order valence-electron chi connectivity index (χ2n) is 2.33. The topological polar surface area (TPSA) is 29.1 Å². The fraction of sp³-hybridized carbons (Fsp3) is 0.125. The summed E-state index contributed by atoms with van der Waals surface area (Å²) in [7, 11) is -0.649. The summed E-state index contributed by atoms with van der Waals surface area (Å²) in [5.74, 6) is 3.59. The lowest BCUT2D eigenvalue weighted by molar-refractivity contribution is 0.676. The molecule has 0 radical (unpaired) electrons. The van der Waals surface area contributed by atoms with E-state index in [0.29, 0.717) is 4.90 Å². The lowest BCUT2D eigenvalue weighted by atomic mass is 10.4. The Balaban J connectivity index is 3.14. The van der Waals surface area contributed by atoms with Crippen molar-refractivity contribution in [2.45, 2.75) is 4.90 Å². The second-order valence-corrected chi connectivity index (χ2v) is 5.48. The van der Waals surface area contributed by atoms with Crippen molar-refractivity contribution in [1.82, 2.24) is 4.72 Å². The van der Waals surface area contributed by atoms with Gasteiger partial charge in [0.2, 0.25) is 0 Å². The average Bonchev–Trinajstić information content (AvgIpc) is 2.05. The van der Waals surface area contributed by atoms with E-state index in [0.717, 1.165) is 4.47 Å². The van der Waals surface area contributed by atoms with Crippen LogP contribution in [0.1, 0.15) is 0 Å². The molecule has 1 aromatic carbocycles. The van der Waals surface area contributed by atoms with E-state index in [1.165, 1.54) is 0 Å². The molecular weight excluding hydrogens is 238 g/mol. The van der Waals surface area contributed by atoms with Gasteiger partial charge in [-0.05, 0) is 37.2 Å². The predicted molar refractivity (Wildman–Crippen MR) is 56.7 cm³/mol. The van der Waals surface area contributed by atoms with E-state index in [9.17, 15) is 4.21 Å². The first kappa shape index (κ1) is 9.77. The largest absolute Gasteiger partial charge is 0.248 e. The molecule has 1 atom stereocenters. The van der Waals surface area contributed by atoms with Gasteiger partial charge in [-0.3, -0.25) is 0 Å². The molecule has 0 fully saturated rings. The van der Waals surface area contributed by atoms with E-state index in [4.69, 9.17) is 0 Å².